The molecular formula is C11H8N4O4S. The predicted molar refractivity (Wildman–Crippen MR) is 72.8 cm³/mol. The van der Waals surface area contributed by atoms with E-state index in [9.17, 15) is 14.9 Å². The lowest BCUT2D eigenvalue weighted by atomic mass is 10.3. The number of nitrogens with zero attached hydrogens (tertiary/aromatic N) is 3. The van der Waals surface area contributed by atoms with Crippen LogP contribution in [-0.4, -0.2) is 14.5 Å². The van der Waals surface area contributed by atoms with Crippen LogP contribution in [0.25, 0.3) is 11.1 Å². The summed E-state index contributed by atoms with van der Waals surface area (Å²) in [6, 6.07) is 4.01. The number of anilines is 1. The third-order valence-corrected chi connectivity index (χ3v) is 3.56. The Morgan fingerprint density at radius 2 is 2.30 bits per heavy atom. The summed E-state index contributed by atoms with van der Waals surface area (Å²) in [4.78, 5) is 26.7. The number of nitro groups is 1. The van der Waals surface area contributed by atoms with Crippen LogP contribution in [0.4, 0.5) is 10.8 Å². The van der Waals surface area contributed by atoms with Crippen molar-refractivity contribution < 1.29 is 9.34 Å². The lowest BCUT2D eigenvalue weighted by molar-refractivity contribution is -0.384. The third kappa shape index (κ3) is 2.03. The molecule has 2 heterocycles. The SMILES string of the molecule is Nc1ncc(Cn2c(=O)oc3ccc([N+](=O)[O-])cc32)s1. The van der Waals surface area contributed by atoms with Crippen LogP contribution in [0.2, 0.25) is 0 Å². The highest BCUT2D eigenvalue weighted by atomic mass is 32.1. The van der Waals surface area contributed by atoms with Gasteiger partial charge in [-0.25, -0.2) is 9.78 Å². The number of rotatable bonds is 3. The quantitative estimate of drug-likeness (QED) is 0.578. The van der Waals surface area contributed by atoms with Crippen molar-refractivity contribution in [1.29, 1.82) is 0 Å². The van der Waals surface area contributed by atoms with Gasteiger partial charge in [-0.05, 0) is 6.07 Å². The zero-order chi connectivity index (χ0) is 14.3. The second kappa shape index (κ2) is 4.46. The van der Waals surface area contributed by atoms with E-state index < -0.39 is 10.7 Å². The molecule has 0 aliphatic carbocycles. The summed E-state index contributed by atoms with van der Waals surface area (Å²) < 4.78 is 6.37. The van der Waals surface area contributed by atoms with Crippen molar-refractivity contribution in [2.75, 3.05) is 5.73 Å². The van der Waals surface area contributed by atoms with E-state index in [2.05, 4.69) is 4.98 Å². The van der Waals surface area contributed by atoms with Gasteiger partial charge in [-0.3, -0.25) is 14.7 Å². The molecular weight excluding hydrogens is 284 g/mol. The van der Waals surface area contributed by atoms with Crippen molar-refractivity contribution in [1.82, 2.24) is 9.55 Å². The van der Waals surface area contributed by atoms with Crippen molar-refractivity contribution in [2.45, 2.75) is 6.54 Å². The summed E-state index contributed by atoms with van der Waals surface area (Å²) in [6.45, 7) is 0.210. The summed E-state index contributed by atoms with van der Waals surface area (Å²) in [6.07, 6.45) is 1.56. The summed E-state index contributed by atoms with van der Waals surface area (Å²) in [5.74, 6) is -0.576. The lowest BCUT2D eigenvalue weighted by Gasteiger charge is -1.98. The average Bonchev–Trinajstić information content (AvgIpc) is 2.94. The molecule has 9 heteroatoms. The van der Waals surface area contributed by atoms with E-state index in [-0.39, 0.29) is 12.2 Å². The minimum Gasteiger partial charge on any atom is -0.408 e. The average molecular weight is 292 g/mol. The van der Waals surface area contributed by atoms with E-state index in [4.69, 9.17) is 10.2 Å². The van der Waals surface area contributed by atoms with Gasteiger partial charge in [0.2, 0.25) is 0 Å². The number of hydrogen-bond donors (Lipinski definition) is 1. The highest BCUT2D eigenvalue weighted by Gasteiger charge is 2.15. The van der Waals surface area contributed by atoms with Gasteiger partial charge in [0.05, 0.1) is 17.0 Å². The van der Waals surface area contributed by atoms with Gasteiger partial charge >= 0.3 is 5.76 Å². The van der Waals surface area contributed by atoms with Crippen LogP contribution in [0.1, 0.15) is 4.88 Å². The second-order valence-corrected chi connectivity index (χ2v) is 5.17. The van der Waals surface area contributed by atoms with E-state index >= 15 is 0 Å². The summed E-state index contributed by atoms with van der Waals surface area (Å²) in [7, 11) is 0. The Kier molecular flexibility index (Phi) is 2.75. The normalized spacial score (nSPS) is 11.0. The molecule has 2 N–H and O–H groups in total. The predicted octanol–water partition coefficient (Wildman–Crippen LogP) is 1.59. The maximum Gasteiger partial charge on any atom is 0.420 e. The van der Waals surface area contributed by atoms with Crippen LogP contribution in [0.5, 0.6) is 0 Å². The highest BCUT2D eigenvalue weighted by molar-refractivity contribution is 7.15. The molecule has 102 valence electrons. The van der Waals surface area contributed by atoms with E-state index in [1.54, 1.807) is 6.20 Å². The van der Waals surface area contributed by atoms with Gasteiger partial charge < -0.3 is 10.2 Å². The lowest BCUT2D eigenvalue weighted by Crippen LogP contribution is -2.14. The molecule has 0 aliphatic heterocycles. The van der Waals surface area contributed by atoms with Crippen LogP contribution in [0.3, 0.4) is 0 Å². The van der Waals surface area contributed by atoms with Gasteiger partial charge in [0, 0.05) is 23.2 Å². The molecule has 0 atom stereocenters. The Labute approximate surface area is 115 Å². The van der Waals surface area contributed by atoms with Gasteiger partial charge in [-0.15, -0.1) is 11.3 Å². The summed E-state index contributed by atoms with van der Waals surface area (Å²) in [5.41, 5.74) is 6.10. The second-order valence-electron chi connectivity index (χ2n) is 4.03. The number of hydrogen-bond acceptors (Lipinski definition) is 7. The molecule has 0 unspecified atom stereocenters. The number of aromatic nitrogens is 2. The van der Waals surface area contributed by atoms with Crippen molar-refractivity contribution in [3.63, 3.8) is 0 Å². The van der Waals surface area contributed by atoms with Gasteiger partial charge in [0.15, 0.2) is 10.7 Å². The molecule has 0 bridgehead atoms. The number of nitrogen functional groups attached to an aromatic ring is 1. The van der Waals surface area contributed by atoms with Gasteiger partial charge in [-0.1, -0.05) is 0 Å². The molecule has 0 amide bonds. The van der Waals surface area contributed by atoms with Crippen LogP contribution >= 0.6 is 11.3 Å². The van der Waals surface area contributed by atoms with E-state index in [0.29, 0.717) is 16.2 Å². The van der Waals surface area contributed by atoms with Crippen LogP contribution in [0.15, 0.2) is 33.6 Å². The molecule has 0 fully saturated rings. The van der Waals surface area contributed by atoms with Crippen molar-refractivity contribution in [3.05, 3.63) is 49.9 Å². The zero-order valence-electron chi connectivity index (χ0n) is 9.98. The monoisotopic (exact) mass is 292 g/mol. The standard InChI is InChI=1S/C11H8N4O4S/c12-10-13-4-7(20-10)5-14-8-3-6(15(17)18)1-2-9(8)19-11(14)16/h1-4H,5H2,(H2,12,13). The van der Waals surface area contributed by atoms with Gasteiger partial charge in [0.1, 0.15) is 0 Å². The summed E-state index contributed by atoms with van der Waals surface area (Å²) >= 11 is 1.25. The topological polar surface area (TPSA) is 117 Å². The molecule has 1 aromatic carbocycles. The minimum atomic E-state index is -0.576. The van der Waals surface area contributed by atoms with Crippen LogP contribution in [0, 0.1) is 10.1 Å². The van der Waals surface area contributed by atoms with E-state index in [0.717, 1.165) is 4.88 Å². The molecule has 8 nitrogen and oxygen atoms in total. The minimum absolute atomic E-state index is 0.101. The molecule has 0 aliphatic rings. The molecule has 0 saturated heterocycles. The van der Waals surface area contributed by atoms with Crippen molar-refractivity contribution in [3.8, 4) is 0 Å². The first-order chi connectivity index (χ1) is 9.54. The fraction of sp³-hybridized carbons (Fsp3) is 0.0909. The van der Waals surface area contributed by atoms with E-state index in [1.165, 1.54) is 34.1 Å². The molecule has 0 radical (unpaired) electrons. The number of non-ortho nitro benzene ring substituents is 1. The number of thiazole rings is 1. The number of nitro benzene ring substituents is 1. The smallest absolute Gasteiger partial charge is 0.408 e. The van der Waals surface area contributed by atoms with Crippen LogP contribution < -0.4 is 11.5 Å². The molecule has 2 aromatic heterocycles. The molecule has 3 aromatic rings. The Morgan fingerprint density at radius 1 is 1.50 bits per heavy atom. The maximum absolute atomic E-state index is 11.8. The Bertz CT molecular complexity index is 863. The van der Waals surface area contributed by atoms with Crippen LogP contribution in [-0.2, 0) is 6.54 Å². The Balaban J connectivity index is 2.13. The highest BCUT2D eigenvalue weighted by Crippen LogP contribution is 2.22. The maximum atomic E-state index is 11.8. The van der Waals surface area contributed by atoms with Gasteiger partial charge in [-0.2, -0.15) is 0 Å². The molecule has 0 saturated carbocycles. The fourth-order valence-electron chi connectivity index (χ4n) is 1.87. The zero-order valence-corrected chi connectivity index (χ0v) is 10.8. The largest absolute Gasteiger partial charge is 0.420 e. The molecule has 0 spiro atoms. The number of oxazole rings is 1. The first-order valence-electron chi connectivity index (χ1n) is 5.52. The van der Waals surface area contributed by atoms with Gasteiger partial charge in [0.25, 0.3) is 5.69 Å². The van der Waals surface area contributed by atoms with Crippen molar-refractivity contribution in [2.24, 2.45) is 0 Å². The number of nitrogens with two attached hydrogens (primary N) is 1. The Morgan fingerprint density at radius 3 is 2.95 bits per heavy atom. The first-order valence-corrected chi connectivity index (χ1v) is 6.34. The Hall–Kier alpha value is -2.68. The third-order valence-electron chi connectivity index (χ3n) is 2.75. The fourth-order valence-corrected chi connectivity index (χ4v) is 2.54. The number of benzene rings is 1. The molecule has 3 rings (SSSR count). The van der Waals surface area contributed by atoms with E-state index in [1.807, 2.05) is 0 Å². The molecule has 20 heavy (non-hydrogen) atoms. The van der Waals surface area contributed by atoms with Crippen molar-refractivity contribution >= 4 is 33.3 Å². The summed E-state index contributed by atoms with van der Waals surface area (Å²) in [5, 5.41) is 11.2. The number of fused-ring (bicyclic) bond motifs is 1. The first kappa shape index (κ1) is 12.4.